The number of rotatable bonds is 2. The molecule has 1 aliphatic carbocycles. The minimum atomic E-state index is -4.64. The lowest BCUT2D eigenvalue weighted by Crippen LogP contribution is -2.29. The van der Waals surface area contributed by atoms with E-state index in [2.05, 4.69) is 4.74 Å². The van der Waals surface area contributed by atoms with Crippen molar-refractivity contribution in [3.63, 3.8) is 0 Å². The summed E-state index contributed by atoms with van der Waals surface area (Å²) in [6.45, 7) is 0. The van der Waals surface area contributed by atoms with Crippen molar-refractivity contribution in [2.24, 2.45) is 5.92 Å². The standard InChI is InChI=1S/C8H10F4O2/c9-7(13)5-1-3-6(4-2-5)14-8(10,11)12/h5-6H,1-4H2. The molecule has 2 nitrogen and oxygen atoms in total. The summed E-state index contributed by atoms with van der Waals surface area (Å²) in [6.07, 6.45) is -5.13. The monoisotopic (exact) mass is 214 g/mol. The van der Waals surface area contributed by atoms with Gasteiger partial charge < -0.3 is 0 Å². The first kappa shape index (κ1) is 11.4. The first-order valence-corrected chi connectivity index (χ1v) is 4.32. The molecule has 0 radical (unpaired) electrons. The van der Waals surface area contributed by atoms with Crippen LogP contribution in [0.15, 0.2) is 0 Å². The molecule has 0 spiro atoms. The largest absolute Gasteiger partial charge is 0.522 e. The van der Waals surface area contributed by atoms with Gasteiger partial charge in [-0.05, 0) is 25.7 Å². The molecule has 6 heteroatoms. The Morgan fingerprint density at radius 2 is 1.64 bits per heavy atom. The third-order valence-corrected chi connectivity index (χ3v) is 2.30. The van der Waals surface area contributed by atoms with Gasteiger partial charge in [0.15, 0.2) is 0 Å². The topological polar surface area (TPSA) is 26.3 Å². The molecule has 0 aromatic heterocycles. The molecule has 82 valence electrons. The average molecular weight is 214 g/mol. The second kappa shape index (κ2) is 4.25. The molecule has 14 heavy (non-hydrogen) atoms. The highest BCUT2D eigenvalue weighted by Gasteiger charge is 2.36. The van der Waals surface area contributed by atoms with Crippen molar-refractivity contribution >= 4 is 6.04 Å². The predicted octanol–water partition coefficient (Wildman–Crippen LogP) is 2.58. The molecule has 0 unspecified atom stereocenters. The van der Waals surface area contributed by atoms with Gasteiger partial charge in [0, 0.05) is 0 Å². The van der Waals surface area contributed by atoms with Gasteiger partial charge in [-0.25, -0.2) is 0 Å². The number of alkyl halides is 3. The van der Waals surface area contributed by atoms with Crippen LogP contribution in [0.5, 0.6) is 0 Å². The van der Waals surface area contributed by atoms with E-state index < -0.39 is 24.4 Å². The van der Waals surface area contributed by atoms with Gasteiger partial charge in [-0.1, -0.05) is 0 Å². The fraction of sp³-hybridized carbons (Fsp3) is 0.875. The van der Waals surface area contributed by atoms with Crippen LogP contribution in [-0.4, -0.2) is 18.5 Å². The highest BCUT2D eigenvalue weighted by Crippen LogP contribution is 2.31. The van der Waals surface area contributed by atoms with Crippen LogP contribution >= 0.6 is 0 Å². The lowest BCUT2D eigenvalue weighted by atomic mass is 9.88. The Morgan fingerprint density at radius 3 is 2.00 bits per heavy atom. The van der Waals surface area contributed by atoms with Crippen molar-refractivity contribution < 1.29 is 27.1 Å². The first-order chi connectivity index (χ1) is 6.38. The summed E-state index contributed by atoms with van der Waals surface area (Å²) in [7, 11) is 0. The number of carbonyl (C=O) groups is 1. The quantitative estimate of drug-likeness (QED) is 0.521. The van der Waals surface area contributed by atoms with Crippen molar-refractivity contribution in [2.75, 3.05) is 0 Å². The van der Waals surface area contributed by atoms with E-state index in [9.17, 15) is 22.4 Å². The Balaban J connectivity index is 2.33. The van der Waals surface area contributed by atoms with Gasteiger partial charge in [0.2, 0.25) is 0 Å². The molecule has 0 aromatic rings. The molecular weight excluding hydrogens is 204 g/mol. The molecule has 0 aliphatic heterocycles. The van der Waals surface area contributed by atoms with Crippen LogP contribution in [0.4, 0.5) is 17.6 Å². The molecule has 0 atom stereocenters. The molecule has 0 N–H and O–H groups in total. The highest BCUT2D eigenvalue weighted by molar-refractivity contribution is 5.71. The third-order valence-electron chi connectivity index (χ3n) is 2.30. The van der Waals surface area contributed by atoms with Gasteiger partial charge in [-0.15, -0.1) is 13.2 Å². The average Bonchev–Trinajstić information content (AvgIpc) is 2.02. The predicted molar refractivity (Wildman–Crippen MR) is 39.0 cm³/mol. The van der Waals surface area contributed by atoms with Gasteiger partial charge in [-0.3, -0.25) is 9.53 Å². The smallest absolute Gasteiger partial charge is 0.289 e. The lowest BCUT2D eigenvalue weighted by Gasteiger charge is -2.26. The molecule has 0 aromatic carbocycles. The van der Waals surface area contributed by atoms with Gasteiger partial charge in [-0.2, -0.15) is 4.39 Å². The van der Waals surface area contributed by atoms with Crippen molar-refractivity contribution in [3.8, 4) is 0 Å². The SMILES string of the molecule is O=C(F)C1CCC(OC(F)(F)F)CC1. The normalized spacial score (nSPS) is 28.9. The fourth-order valence-corrected chi connectivity index (χ4v) is 1.60. The maximum Gasteiger partial charge on any atom is 0.522 e. The zero-order chi connectivity index (χ0) is 10.8. The second-order valence-corrected chi connectivity index (χ2v) is 3.34. The summed E-state index contributed by atoms with van der Waals surface area (Å²) in [5.41, 5.74) is 0. The number of ether oxygens (including phenoxy) is 1. The maximum atomic E-state index is 12.2. The maximum absolute atomic E-state index is 12.2. The summed E-state index contributed by atoms with van der Waals surface area (Å²) in [5, 5.41) is 0. The van der Waals surface area contributed by atoms with E-state index in [0.717, 1.165) is 0 Å². The van der Waals surface area contributed by atoms with Crippen LogP contribution in [0.3, 0.4) is 0 Å². The van der Waals surface area contributed by atoms with Crippen molar-refractivity contribution in [1.82, 2.24) is 0 Å². The number of carbonyl (C=O) groups excluding carboxylic acids is 1. The summed E-state index contributed by atoms with van der Waals surface area (Å²) in [5.74, 6) is -0.733. The zero-order valence-corrected chi connectivity index (χ0v) is 7.31. The Labute approximate surface area is 78.2 Å². The Hall–Kier alpha value is -0.650. The molecule has 0 heterocycles. The van der Waals surface area contributed by atoms with E-state index in [1.165, 1.54) is 0 Å². The molecule has 0 amide bonds. The molecular formula is C8H10F4O2. The second-order valence-electron chi connectivity index (χ2n) is 3.34. The highest BCUT2D eigenvalue weighted by atomic mass is 19.4. The summed E-state index contributed by atoms with van der Waals surface area (Å²) < 4.78 is 51.1. The summed E-state index contributed by atoms with van der Waals surface area (Å²) in [4.78, 5) is 10.3. The molecule has 1 aliphatic rings. The summed E-state index contributed by atoms with van der Waals surface area (Å²) >= 11 is 0. The molecule has 0 bridgehead atoms. The Morgan fingerprint density at radius 1 is 1.14 bits per heavy atom. The van der Waals surface area contributed by atoms with Gasteiger partial charge >= 0.3 is 12.4 Å². The number of halogens is 4. The minimum Gasteiger partial charge on any atom is -0.289 e. The molecule has 1 rings (SSSR count). The molecule has 1 fully saturated rings. The van der Waals surface area contributed by atoms with Crippen LogP contribution in [-0.2, 0) is 9.53 Å². The van der Waals surface area contributed by atoms with E-state index in [4.69, 9.17) is 0 Å². The van der Waals surface area contributed by atoms with Crippen LogP contribution in [0, 0.1) is 5.92 Å². The van der Waals surface area contributed by atoms with Gasteiger partial charge in [0.1, 0.15) is 0 Å². The Kier molecular flexibility index (Phi) is 3.47. The van der Waals surface area contributed by atoms with E-state index >= 15 is 0 Å². The minimum absolute atomic E-state index is 0.0832. The zero-order valence-electron chi connectivity index (χ0n) is 7.31. The number of hydrogen-bond acceptors (Lipinski definition) is 2. The van der Waals surface area contributed by atoms with E-state index in [1.54, 1.807) is 0 Å². The van der Waals surface area contributed by atoms with Crippen molar-refractivity contribution in [1.29, 1.82) is 0 Å². The van der Waals surface area contributed by atoms with E-state index in [1.807, 2.05) is 0 Å². The van der Waals surface area contributed by atoms with Crippen LogP contribution < -0.4 is 0 Å². The molecule has 0 saturated heterocycles. The number of hydrogen-bond donors (Lipinski definition) is 0. The summed E-state index contributed by atoms with van der Waals surface area (Å²) in [6, 6.07) is -1.43. The molecule has 1 saturated carbocycles. The van der Waals surface area contributed by atoms with E-state index in [0.29, 0.717) is 0 Å². The van der Waals surface area contributed by atoms with Crippen LogP contribution in [0.1, 0.15) is 25.7 Å². The van der Waals surface area contributed by atoms with Crippen LogP contribution in [0.2, 0.25) is 0 Å². The fourth-order valence-electron chi connectivity index (χ4n) is 1.60. The first-order valence-electron chi connectivity index (χ1n) is 4.32. The lowest BCUT2D eigenvalue weighted by molar-refractivity contribution is -0.345. The van der Waals surface area contributed by atoms with Crippen LogP contribution in [0.25, 0.3) is 0 Å². The van der Waals surface area contributed by atoms with E-state index in [-0.39, 0.29) is 25.7 Å². The van der Waals surface area contributed by atoms with Crippen molar-refractivity contribution in [3.05, 3.63) is 0 Å². The Bertz CT molecular complexity index is 206. The third kappa shape index (κ3) is 3.61. The van der Waals surface area contributed by atoms with Gasteiger partial charge in [0.25, 0.3) is 0 Å². The van der Waals surface area contributed by atoms with Crippen molar-refractivity contribution in [2.45, 2.75) is 38.1 Å². The van der Waals surface area contributed by atoms with Gasteiger partial charge in [0.05, 0.1) is 12.0 Å².